The lowest BCUT2D eigenvalue weighted by Gasteiger charge is -2.14. The van der Waals surface area contributed by atoms with Gasteiger partial charge in [0.1, 0.15) is 28.6 Å². The maximum absolute atomic E-state index is 5.87. The van der Waals surface area contributed by atoms with Gasteiger partial charge in [-0.25, -0.2) is 4.98 Å². The van der Waals surface area contributed by atoms with Gasteiger partial charge in [0.2, 0.25) is 0 Å². The maximum Gasteiger partial charge on any atom is 0.141 e. The zero-order valence-corrected chi connectivity index (χ0v) is 15.6. The van der Waals surface area contributed by atoms with Crippen molar-refractivity contribution < 1.29 is 13.8 Å². The largest absolute Gasteiger partial charge is 0.495 e. The first-order chi connectivity index (χ1) is 12.4. The average molecular weight is 368 g/mol. The topological polar surface area (TPSA) is 90.0 Å². The summed E-state index contributed by atoms with van der Waals surface area (Å²) in [5.74, 6) is 2.98. The van der Waals surface area contributed by atoms with E-state index in [0.717, 1.165) is 62.0 Å². The second-order valence-electron chi connectivity index (χ2n) is 6.45. The number of fused-ring (bicyclic) bond motifs is 1. The number of ether oxygens (including phenoxy) is 1. The van der Waals surface area contributed by atoms with Crippen LogP contribution >= 0.6 is 0 Å². The number of benzene rings is 1. The van der Waals surface area contributed by atoms with Crippen LogP contribution in [-0.4, -0.2) is 27.4 Å². The van der Waals surface area contributed by atoms with Gasteiger partial charge in [0, 0.05) is 5.56 Å². The Morgan fingerprint density at radius 1 is 0.889 bits per heavy atom. The van der Waals surface area contributed by atoms with Crippen LogP contribution in [0.3, 0.4) is 0 Å². The van der Waals surface area contributed by atoms with E-state index in [1.165, 1.54) is 0 Å². The summed E-state index contributed by atoms with van der Waals surface area (Å²) in [6.07, 6.45) is 0. The third kappa shape index (κ3) is 2.70. The maximum atomic E-state index is 5.87. The van der Waals surface area contributed by atoms with Crippen molar-refractivity contribution >= 4 is 11.0 Å². The predicted molar refractivity (Wildman–Crippen MR) is 104 cm³/mol. The molecular weight excluding hydrogens is 344 g/mol. The van der Waals surface area contributed by atoms with Crippen molar-refractivity contribution in [2.45, 2.75) is 42.0 Å². The molecule has 7 heteroatoms. The van der Waals surface area contributed by atoms with Gasteiger partial charge in [0.15, 0.2) is 0 Å². The highest BCUT2D eigenvalue weighted by Gasteiger charge is 2.26. The zero-order chi connectivity index (χ0) is 18.6. The van der Waals surface area contributed by atoms with E-state index in [0.29, 0.717) is 5.75 Å². The van der Waals surface area contributed by atoms with E-state index in [2.05, 4.69) is 20.3 Å². The number of aromatic amines is 1. The number of aromatic nitrogens is 4. The van der Waals surface area contributed by atoms with Crippen LogP contribution in [0.1, 0.15) is 36.2 Å². The number of nitrogens with zero attached hydrogens (tertiary/aromatic N) is 3. The van der Waals surface area contributed by atoms with Gasteiger partial charge in [-0.15, -0.1) is 0 Å². The molecule has 3 heterocycles. The van der Waals surface area contributed by atoms with Crippen molar-refractivity contribution in [2.75, 3.05) is 7.11 Å². The monoisotopic (exact) mass is 368 g/mol. The van der Waals surface area contributed by atoms with Gasteiger partial charge in [0.05, 0.1) is 40.7 Å². The van der Waals surface area contributed by atoms with Gasteiger partial charge in [-0.2, -0.15) is 0 Å². The van der Waals surface area contributed by atoms with Gasteiger partial charge >= 0.3 is 0 Å². The van der Waals surface area contributed by atoms with E-state index in [4.69, 9.17) is 13.8 Å². The van der Waals surface area contributed by atoms with Crippen LogP contribution in [0, 0.1) is 34.6 Å². The minimum absolute atomic E-state index is 0. The van der Waals surface area contributed by atoms with Crippen LogP contribution in [0.5, 0.6) is 5.75 Å². The van der Waals surface area contributed by atoms with Crippen LogP contribution in [0.15, 0.2) is 15.1 Å². The van der Waals surface area contributed by atoms with Crippen molar-refractivity contribution in [3.8, 4) is 28.0 Å². The molecule has 0 atom stereocenters. The summed E-state index contributed by atoms with van der Waals surface area (Å²) < 4.78 is 16.7. The molecule has 0 fully saturated rings. The minimum atomic E-state index is 0. The molecule has 0 aliphatic heterocycles. The summed E-state index contributed by atoms with van der Waals surface area (Å²) in [6, 6.07) is 2.03. The second-order valence-corrected chi connectivity index (χ2v) is 6.45. The third-order valence-electron chi connectivity index (χ3n) is 4.64. The Balaban J connectivity index is 0.00000210. The molecule has 0 aliphatic rings. The van der Waals surface area contributed by atoms with Gasteiger partial charge in [-0.3, -0.25) is 0 Å². The molecule has 27 heavy (non-hydrogen) atoms. The van der Waals surface area contributed by atoms with Crippen LogP contribution in [0.4, 0.5) is 0 Å². The number of methoxy groups -OCH3 is 1. The lowest BCUT2D eigenvalue weighted by Crippen LogP contribution is -1.96. The predicted octanol–water partition coefficient (Wildman–Crippen LogP) is 5.06. The van der Waals surface area contributed by atoms with Crippen molar-refractivity contribution in [3.63, 3.8) is 0 Å². The van der Waals surface area contributed by atoms with Crippen molar-refractivity contribution in [2.24, 2.45) is 0 Å². The quantitative estimate of drug-likeness (QED) is 0.543. The molecule has 7 nitrogen and oxygen atoms in total. The van der Waals surface area contributed by atoms with E-state index in [1.807, 2.05) is 40.7 Å². The van der Waals surface area contributed by atoms with E-state index < -0.39 is 0 Å². The molecule has 0 amide bonds. The Morgan fingerprint density at radius 2 is 1.48 bits per heavy atom. The molecule has 3 aromatic heterocycles. The first-order valence-corrected chi connectivity index (χ1v) is 8.36. The third-order valence-corrected chi connectivity index (χ3v) is 4.64. The van der Waals surface area contributed by atoms with Crippen LogP contribution in [-0.2, 0) is 0 Å². The van der Waals surface area contributed by atoms with E-state index in [9.17, 15) is 0 Å². The van der Waals surface area contributed by atoms with Crippen molar-refractivity contribution in [1.29, 1.82) is 0 Å². The molecule has 0 spiro atoms. The Morgan fingerprint density at radius 3 is 2.00 bits per heavy atom. The van der Waals surface area contributed by atoms with Crippen LogP contribution < -0.4 is 4.74 Å². The molecule has 4 aromatic rings. The summed E-state index contributed by atoms with van der Waals surface area (Å²) in [7, 11) is 1.66. The van der Waals surface area contributed by atoms with Gasteiger partial charge < -0.3 is 18.8 Å². The summed E-state index contributed by atoms with van der Waals surface area (Å²) >= 11 is 0. The molecule has 0 saturated heterocycles. The fraction of sp³-hybridized carbons (Fsp3) is 0.350. The first kappa shape index (κ1) is 18.7. The van der Waals surface area contributed by atoms with Crippen molar-refractivity contribution in [1.82, 2.24) is 20.3 Å². The van der Waals surface area contributed by atoms with Crippen molar-refractivity contribution in [3.05, 3.63) is 34.8 Å². The number of nitrogens with one attached hydrogen (secondary N) is 1. The smallest absolute Gasteiger partial charge is 0.141 e. The highest BCUT2D eigenvalue weighted by Crippen LogP contribution is 2.46. The first-order valence-electron chi connectivity index (χ1n) is 8.36. The van der Waals surface area contributed by atoms with Gasteiger partial charge in [-0.1, -0.05) is 17.7 Å². The Kier molecular flexibility index (Phi) is 4.55. The molecule has 4 rings (SSSR count). The zero-order valence-electron chi connectivity index (χ0n) is 15.6. The van der Waals surface area contributed by atoms with E-state index in [-0.39, 0.29) is 7.43 Å². The molecule has 0 bridgehead atoms. The second kappa shape index (κ2) is 6.57. The SMILES string of the molecule is C.COc1c(-c2c(C)noc2C)cc2[nH]c(C)nc2c1-c1c(C)noc1C. The number of imidazole rings is 1. The minimum Gasteiger partial charge on any atom is -0.495 e. The molecular formula is C20H24N4O3. The Hall–Kier alpha value is -3.09. The molecule has 1 N–H and O–H groups in total. The highest BCUT2D eigenvalue weighted by atomic mass is 16.5. The van der Waals surface area contributed by atoms with Gasteiger partial charge in [-0.05, 0) is 40.7 Å². The van der Waals surface area contributed by atoms with Gasteiger partial charge in [0.25, 0.3) is 0 Å². The molecule has 1 aromatic carbocycles. The molecule has 142 valence electrons. The average Bonchev–Trinajstić information content (AvgIpc) is 3.23. The molecule has 0 radical (unpaired) electrons. The molecule has 0 saturated carbocycles. The number of H-pyrrole nitrogens is 1. The van der Waals surface area contributed by atoms with E-state index >= 15 is 0 Å². The fourth-order valence-corrected chi connectivity index (χ4v) is 3.59. The fourth-order valence-electron chi connectivity index (χ4n) is 3.59. The summed E-state index contributed by atoms with van der Waals surface area (Å²) in [5, 5.41) is 8.20. The lowest BCUT2D eigenvalue weighted by molar-refractivity contribution is 0.393. The number of hydrogen-bond donors (Lipinski definition) is 1. The Labute approximate surface area is 157 Å². The highest BCUT2D eigenvalue weighted by molar-refractivity contribution is 6.02. The Bertz CT molecular complexity index is 1100. The molecule has 0 unspecified atom stereocenters. The number of hydrogen-bond acceptors (Lipinski definition) is 6. The van der Waals surface area contributed by atoms with Crippen LogP contribution in [0.2, 0.25) is 0 Å². The number of rotatable bonds is 3. The normalized spacial score (nSPS) is 11.0. The van der Waals surface area contributed by atoms with E-state index in [1.54, 1.807) is 7.11 Å². The molecule has 0 aliphatic carbocycles. The van der Waals surface area contributed by atoms with Crippen LogP contribution in [0.25, 0.3) is 33.3 Å². The summed E-state index contributed by atoms with van der Waals surface area (Å²) in [6.45, 7) is 9.55. The summed E-state index contributed by atoms with van der Waals surface area (Å²) in [4.78, 5) is 8.01. The number of aryl methyl sites for hydroxylation is 5. The lowest BCUT2D eigenvalue weighted by atomic mass is 9.94. The summed E-state index contributed by atoms with van der Waals surface area (Å²) in [5.41, 5.74) is 6.91. The standard InChI is InChI=1S/C19H20N4O3.CH4/c1-8-15(10(3)25-22-8)13-7-14-18(21-12(5)20-14)17(19(13)24-6)16-9(2)23-26-11(16)4;/h7H,1-6H3,(H,20,21);1H4.